The van der Waals surface area contributed by atoms with Crippen molar-refractivity contribution in [2.24, 2.45) is 9.98 Å². The van der Waals surface area contributed by atoms with Crippen LogP contribution >= 0.6 is 11.6 Å². The van der Waals surface area contributed by atoms with Gasteiger partial charge in [0, 0.05) is 25.2 Å². The number of nitrogens with zero attached hydrogens (tertiary/aromatic N) is 4. The van der Waals surface area contributed by atoms with Crippen molar-refractivity contribution in [3.8, 4) is 5.75 Å². The number of H-pyrrole nitrogens is 1. The van der Waals surface area contributed by atoms with Crippen LogP contribution in [0.2, 0.25) is 5.02 Å². The smallest absolute Gasteiger partial charge is 0.419 e. The Hall–Kier alpha value is -3.21. The number of hydrogen-bond acceptors (Lipinski definition) is 6. The second kappa shape index (κ2) is 8.88. The molecule has 0 amide bonds. The van der Waals surface area contributed by atoms with Crippen LogP contribution in [0.25, 0.3) is 0 Å². The molecule has 1 aliphatic heterocycles. The van der Waals surface area contributed by atoms with Crippen molar-refractivity contribution in [3.63, 3.8) is 0 Å². The summed E-state index contributed by atoms with van der Waals surface area (Å²) in [5, 5.41) is 5.88. The molecule has 12 heteroatoms. The molecule has 31 heavy (non-hydrogen) atoms. The minimum absolute atomic E-state index is 0.0583. The molecule has 2 heterocycles. The van der Waals surface area contributed by atoms with E-state index in [0.717, 1.165) is 0 Å². The summed E-state index contributed by atoms with van der Waals surface area (Å²) < 4.78 is 58.9. The minimum Gasteiger partial charge on any atom is -0.438 e. The maximum Gasteiger partial charge on any atom is 0.419 e. The lowest BCUT2D eigenvalue weighted by atomic mass is 10.0. The lowest BCUT2D eigenvalue weighted by Crippen LogP contribution is -2.35. The summed E-state index contributed by atoms with van der Waals surface area (Å²) in [4.78, 5) is 21.3. The number of aromatic amines is 1. The molecule has 1 aliphatic rings. The van der Waals surface area contributed by atoms with Crippen molar-refractivity contribution in [2.45, 2.75) is 12.6 Å². The molecule has 0 bridgehead atoms. The predicted molar refractivity (Wildman–Crippen MR) is 109 cm³/mol. The third kappa shape index (κ3) is 4.76. The van der Waals surface area contributed by atoms with E-state index in [9.17, 15) is 22.4 Å². The first-order valence-corrected chi connectivity index (χ1v) is 9.22. The second-order valence-electron chi connectivity index (χ2n) is 6.42. The normalized spacial score (nSPS) is 15.3. The summed E-state index contributed by atoms with van der Waals surface area (Å²) in [6, 6.07) is 1.95. The average molecular weight is 458 g/mol. The Kier molecular flexibility index (Phi) is 6.44. The zero-order valence-electron chi connectivity index (χ0n) is 16.1. The molecule has 0 radical (unpaired) electrons. The summed E-state index contributed by atoms with van der Waals surface area (Å²) in [5.41, 5.74) is -0.575. The van der Waals surface area contributed by atoms with Crippen LogP contribution < -0.4 is 15.2 Å². The first-order valence-electron chi connectivity index (χ1n) is 8.84. The molecule has 0 aliphatic carbocycles. The van der Waals surface area contributed by atoms with Gasteiger partial charge in [-0.1, -0.05) is 11.6 Å². The van der Waals surface area contributed by atoms with Gasteiger partial charge in [0.25, 0.3) is 5.56 Å². The van der Waals surface area contributed by atoms with Crippen LogP contribution in [0.1, 0.15) is 12.0 Å². The maximum atomic E-state index is 13.6. The third-order valence-corrected chi connectivity index (χ3v) is 4.91. The molecule has 0 atom stereocenters. The van der Waals surface area contributed by atoms with Gasteiger partial charge < -0.3 is 9.64 Å². The minimum atomic E-state index is -4.75. The van der Waals surface area contributed by atoms with Crippen LogP contribution in [0.3, 0.4) is 0 Å². The fourth-order valence-corrected chi connectivity index (χ4v) is 3.29. The molecule has 1 aromatic heterocycles. The van der Waals surface area contributed by atoms with Crippen LogP contribution in [0, 0.1) is 5.82 Å². The van der Waals surface area contributed by atoms with Crippen LogP contribution in [0.4, 0.5) is 23.2 Å². The SMILES string of the molecule is C=NC1=C(C(=NC)Oc2cc(F)ccc2C(F)(F)F)CCN(c2cn[nH]c(=O)c2Cl)C1. The van der Waals surface area contributed by atoms with Crippen molar-refractivity contribution in [2.75, 3.05) is 25.0 Å². The Morgan fingerprint density at radius 1 is 1.39 bits per heavy atom. The van der Waals surface area contributed by atoms with E-state index in [1.807, 2.05) is 0 Å². The van der Waals surface area contributed by atoms with Gasteiger partial charge in [0.2, 0.25) is 5.90 Å². The van der Waals surface area contributed by atoms with Crippen molar-refractivity contribution in [3.05, 3.63) is 62.4 Å². The molecule has 2 aromatic rings. The largest absolute Gasteiger partial charge is 0.438 e. The Labute approximate surface area is 178 Å². The highest BCUT2D eigenvalue weighted by molar-refractivity contribution is 6.33. The molecule has 1 N–H and O–H groups in total. The summed E-state index contributed by atoms with van der Waals surface area (Å²) in [5.74, 6) is -1.75. The first kappa shape index (κ1) is 22.5. The quantitative estimate of drug-likeness (QED) is 0.429. The molecule has 7 nitrogen and oxygen atoms in total. The van der Waals surface area contributed by atoms with Gasteiger partial charge in [0.15, 0.2) is 0 Å². The van der Waals surface area contributed by atoms with Crippen LogP contribution in [0.15, 0.2) is 50.4 Å². The number of aliphatic imine (C=N–C) groups is 2. The van der Waals surface area contributed by atoms with E-state index in [2.05, 4.69) is 26.9 Å². The number of halogens is 5. The van der Waals surface area contributed by atoms with E-state index >= 15 is 0 Å². The number of alkyl halides is 3. The molecule has 0 spiro atoms. The number of aromatic nitrogens is 2. The van der Waals surface area contributed by atoms with Crippen LogP contribution in [-0.4, -0.2) is 42.9 Å². The molecule has 1 aromatic carbocycles. The number of ether oxygens (including phenoxy) is 1. The van der Waals surface area contributed by atoms with E-state index in [1.165, 1.54) is 13.2 Å². The summed E-state index contributed by atoms with van der Waals surface area (Å²) >= 11 is 6.05. The van der Waals surface area contributed by atoms with Gasteiger partial charge in [-0.2, -0.15) is 18.3 Å². The number of anilines is 1. The Bertz CT molecular complexity index is 1130. The topological polar surface area (TPSA) is 82.9 Å². The fraction of sp³-hybridized carbons (Fsp3) is 0.263. The molecular weight excluding hydrogens is 442 g/mol. The maximum absolute atomic E-state index is 13.6. The van der Waals surface area contributed by atoms with E-state index in [0.29, 0.717) is 41.7 Å². The third-order valence-electron chi connectivity index (χ3n) is 4.55. The van der Waals surface area contributed by atoms with E-state index < -0.39 is 28.9 Å². The fourth-order valence-electron chi connectivity index (χ4n) is 3.08. The molecule has 3 rings (SSSR count). The Morgan fingerprint density at radius 2 is 2.13 bits per heavy atom. The number of rotatable bonds is 4. The van der Waals surface area contributed by atoms with Crippen molar-refractivity contribution in [1.29, 1.82) is 0 Å². The predicted octanol–water partition coefficient (Wildman–Crippen LogP) is 3.85. The highest BCUT2D eigenvalue weighted by Crippen LogP contribution is 2.37. The lowest BCUT2D eigenvalue weighted by Gasteiger charge is -2.31. The van der Waals surface area contributed by atoms with Gasteiger partial charge in [-0.3, -0.25) is 14.8 Å². The first-order chi connectivity index (χ1) is 14.7. The number of nitrogens with one attached hydrogen (secondary N) is 1. The molecule has 0 saturated heterocycles. The zero-order chi connectivity index (χ0) is 22.8. The number of benzene rings is 1. The lowest BCUT2D eigenvalue weighted by molar-refractivity contribution is -0.138. The monoisotopic (exact) mass is 457 g/mol. The van der Waals surface area contributed by atoms with Gasteiger partial charge in [-0.25, -0.2) is 9.49 Å². The molecule has 164 valence electrons. The van der Waals surface area contributed by atoms with Crippen LogP contribution in [-0.2, 0) is 6.18 Å². The molecule has 0 unspecified atom stereocenters. The molecule has 0 saturated carbocycles. The van der Waals surface area contributed by atoms with Gasteiger partial charge in [-0.05, 0) is 25.3 Å². The van der Waals surface area contributed by atoms with E-state index in [1.54, 1.807) is 4.90 Å². The van der Waals surface area contributed by atoms with Gasteiger partial charge in [-0.15, -0.1) is 0 Å². The van der Waals surface area contributed by atoms with Crippen LogP contribution in [0.5, 0.6) is 5.75 Å². The van der Waals surface area contributed by atoms with E-state index in [-0.39, 0.29) is 23.9 Å². The Morgan fingerprint density at radius 3 is 2.77 bits per heavy atom. The second-order valence-corrected chi connectivity index (χ2v) is 6.80. The van der Waals surface area contributed by atoms with E-state index in [4.69, 9.17) is 16.3 Å². The summed E-state index contributed by atoms with van der Waals surface area (Å²) in [6.45, 7) is 3.94. The average Bonchev–Trinajstić information content (AvgIpc) is 2.73. The van der Waals surface area contributed by atoms with Crippen molar-refractivity contribution < 1.29 is 22.3 Å². The van der Waals surface area contributed by atoms with Gasteiger partial charge >= 0.3 is 6.18 Å². The number of hydrogen-bond donors (Lipinski definition) is 1. The molecule has 0 fully saturated rings. The highest BCUT2D eigenvalue weighted by Gasteiger charge is 2.35. The summed E-state index contributed by atoms with van der Waals surface area (Å²) in [7, 11) is 1.33. The van der Waals surface area contributed by atoms with Gasteiger partial charge in [0.1, 0.15) is 16.6 Å². The summed E-state index contributed by atoms with van der Waals surface area (Å²) in [6.07, 6.45) is -3.13. The van der Waals surface area contributed by atoms with Crippen molar-refractivity contribution in [1.82, 2.24) is 10.2 Å². The Balaban J connectivity index is 1.95. The standard InChI is InChI=1S/C19H16ClF4N5O2/c1-25-13-9-29(14-8-27-28-17(30)16(14)20)6-5-11(13)18(26-2)31-15-7-10(21)3-4-12(15)19(22,23)24/h3-4,7-8H,1,5-6,9H2,2H3,(H,28,30). The zero-order valence-corrected chi connectivity index (χ0v) is 16.9. The highest BCUT2D eigenvalue weighted by atomic mass is 35.5. The van der Waals surface area contributed by atoms with Gasteiger partial charge in [0.05, 0.1) is 29.7 Å². The van der Waals surface area contributed by atoms with Crippen molar-refractivity contribution >= 4 is 29.9 Å². The molecular formula is C19H16ClF4N5O2.